The molecule has 70 valence electrons. The van der Waals surface area contributed by atoms with E-state index in [0.29, 0.717) is 5.92 Å². The maximum Gasteiger partial charge on any atom is 0.142 e. The molecule has 1 saturated heterocycles. The molecule has 2 rings (SSSR count). The van der Waals surface area contributed by atoms with Crippen LogP contribution in [0.25, 0.3) is 0 Å². The lowest BCUT2D eigenvalue weighted by Crippen LogP contribution is -2.48. The second-order valence-corrected chi connectivity index (χ2v) is 4.12. The summed E-state index contributed by atoms with van der Waals surface area (Å²) < 4.78 is 1.02. The summed E-state index contributed by atoms with van der Waals surface area (Å²) in [5, 5.41) is 8.86. The van der Waals surface area contributed by atoms with Crippen LogP contribution in [0.5, 0.6) is 0 Å². The highest BCUT2D eigenvalue weighted by Gasteiger charge is 2.27. The summed E-state index contributed by atoms with van der Waals surface area (Å²) in [4.78, 5) is 6.42. The van der Waals surface area contributed by atoms with Crippen LogP contribution in [0.1, 0.15) is 0 Å². The third kappa shape index (κ3) is 1.69. The van der Waals surface area contributed by atoms with Crippen molar-refractivity contribution < 1.29 is 5.11 Å². The Bertz CT molecular complexity index is 299. The van der Waals surface area contributed by atoms with Gasteiger partial charge in [0.2, 0.25) is 0 Å². The predicted molar refractivity (Wildman–Crippen MR) is 54.7 cm³/mol. The van der Waals surface area contributed by atoms with Gasteiger partial charge in [0.15, 0.2) is 0 Å². The van der Waals surface area contributed by atoms with Gasteiger partial charge < -0.3 is 10.0 Å². The summed E-state index contributed by atoms with van der Waals surface area (Å²) in [7, 11) is 0. The van der Waals surface area contributed by atoms with Crippen LogP contribution in [0.3, 0.4) is 0 Å². The van der Waals surface area contributed by atoms with Gasteiger partial charge >= 0.3 is 0 Å². The number of anilines is 1. The maximum absolute atomic E-state index is 8.86. The number of hydrogen-bond acceptors (Lipinski definition) is 3. The van der Waals surface area contributed by atoms with Gasteiger partial charge in [0.25, 0.3) is 0 Å². The Morgan fingerprint density at radius 2 is 2.38 bits per heavy atom. The second kappa shape index (κ2) is 3.64. The van der Waals surface area contributed by atoms with Gasteiger partial charge in [0.1, 0.15) is 5.82 Å². The maximum atomic E-state index is 8.86. The number of pyridine rings is 1. The van der Waals surface area contributed by atoms with Crippen LogP contribution >= 0.6 is 15.9 Å². The van der Waals surface area contributed by atoms with E-state index >= 15 is 0 Å². The molecule has 0 spiro atoms. The molecule has 0 aliphatic carbocycles. The molecule has 1 aliphatic rings. The lowest BCUT2D eigenvalue weighted by Gasteiger charge is -2.39. The molecule has 0 amide bonds. The molecule has 0 radical (unpaired) electrons. The average molecular weight is 243 g/mol. The standard InChI is InChI=1S/C9H11BrN2O/c10-8-2-1-3-11-9(8)12-4-7(5-12)6-13/h1-3,7,13H,4-6H2. The van der Waals surface area contributed by atoms with Crippen LogP contribution in [-0.2, 0) is 0 Å². The Kier molecular flexibility index (Phi) is 2.51. The Labute approximate surface area is 85.5 Å². The smallest absolute Gasteiger partial charge is 0.142 e. The fraction of sp³-hybridized carbons (Fsp3) is 0.444. The van der Waals surface area contributed by atoms with Crippen LogP contribution in [0.2, 0.25) is 0 Å². The van der Waals surface area contributed by atoms with Crippen molar-refractivity contribution in [3.63, 3.8) is 0 Å². The van der Waals surface area contributed by atoms with Crippen molar-refractivity contribution in [3.8, 4) is 0 Å². The molecule has 0 bridgehead atoms. The molecule has 0 atom stereocenters. The van der Waals surface area contributed by atoms with Crippen molar-refractivity contribution in [2.24, 2.45) is 5.92 Å². The van der Waals surface area contributed by atoms with Gasteiger partial charge in [-0.3, -0.25) is 0 Å². The number of rotatable bonds is 2. The lowest BCUT2D eigenvalue weighted by atomic mass is 10.0. The largest absolute Gasteiger partial charge is 0.396 e. The Morgan fingerprint density at radius 3 is 3.00 bits per heavy atom. The minimum atomic E-state index is 0.279. The van der Waals surface area contributed by atoms with E-state index in [1.165, 1.54) is 0 Å². The summed E-state index contributed by atoms with van der Waals surface area (Å²) >= 11 is 3.45. The third-order valence-corrected chi connectivity index (χ3v) is 2.87. The first kappa shape index (κ1) is 8.97. The molecular weight excluding hydrogens is 232 g/mol. The normalized spacial score (nSPS) is 17.2. The molecule has 4 heteroatoms. The van der Waals surface area contributed by atoms with Crippen LogP contribution in [0.15, 0.2) is 22.8 Å². The topological polar surface area (TPSA) is 36.4 Å². The zero-order valence-electron chi connectivity index (χ0n) is 7.15. The minimum Gasteiger partial charge on any atom is -0.396 e. The monoisotopic (exact) mass is 242 g/mol. The molecule has 13 heavy (non-hydrogen) atoms. The van der Waals surface area contributed by atoms with Gasteiger partial charge in [-0.15, -0.1) is 0 Å². The van der Waals surface area contributed by atoms with Crippen molar-refractivity contribution in [2.75, 3.05) is 24.6 Å². The van der Waals surface area contributed by atoms with E-state index in [4.69, 9.17) is 5.11 Å². The molecule has 0 aromatic carbocycles. The zero-order valence-corrected chi connectivity index (χ0v) is 8.74. The minimum absolute atomic E-state index is 0.279. The van der Waals surface area contributed by atoms with Crippen LogP contribution in [0, 0.1) is 5.92 Å². The Morgan fingerprint density at radius 1 is 1.62 bits per heavy atom. The zero-order chi connectivity index (χ0) is 9.26. The van der Waals surface area contributed by atoms with Crippen LogP contribution < -0.4 is 4.90 Å². The first-order valence-electron chi connectivity index (χ1n) is 4.27. The number of nitrogens with zero attached hydrogens (tertiary/aromatic N) is 2. The molecule has 0 unspecified atom stereocenters. The van der Waals surface area contributed by atoms with Crippen LogP contribution in [0.4, 0.5) is 5.82 Å². The molecule has 1 fully saturated rings. The fourth-order valence-electron chi connectivity index (χ4n) is 1.47. The molecule has 1 aromatic heterocycles. The SMILES string of the molecule is OCC1CN(c2ncccc2Br)C1. The average Bonchev–Trinajstić information content (AvgIpc) is 2.06. The first-order chi connectivity index (χ1) is 6.31. The number of aromatic nitrogens is 1. The number of aliphatic hydroxyl groups is 1. The molecule has 3 nitrogen and oxygen atoms in total. The molecular formula is C9H11BrN2O. The summed E-state index contributed by atoms with van der Waals surface area (Å²) in [5.74, 6) is 1.40. The van der Waals surface area contributed by atoms with Gasteiger partial charge in [-0.25, -0.2) is 4.98 Å². The van der Waals surface area contributed by atoms with Gasteiger partial charge in [0, 0.05) is 31.8 Å². The van der Waals surface area contributed by atoms with Crippen molar-refractivity contribution >= 4 is 21.7 Å². The van der Waals surface area contributed by atoms with Gasteiger partial charge in [-0.1, -0.05) is 0 Å². The molecule has 1 aromatic rings. The molecule has 2 heterocycles. The van der Waals surface area contributed by atoms with Crippen molar-refractivity contribution in [2.45, 2.75) is 0 Å². The van der Waals surface area contributed by atoms with E-state index in [2.05, 4.69) is 25.8 Å². The molecule has 1 N–H and O–H groups in total. The lowest BCUT2D eigenvalue weighted by molar-refractivity contribution is 0.200. The summed E-state index contributed by atoms with van der Waals surface area (Å²) in [5.41, 5.74) is 0. The highest BCUT2D eigenvalue weighted by molar-refractivity contribution is 9.10. The van der Waals surface area contributed by atoms with Gasteiger partial charge in [-0.05, 0) is 28.1 Å². The predicted octanol–water partition coefficient (Wildman–Crippen LogP) is 1.27. The summed E-state index contributed by atoms with van der Waals surface area (Å²) in [6, 6.07) is 3.88. The van der Waals surface area contributed by atoms with E-state index in [9.17, 15) is 0 Å². The van der Waals surface area contributed by atoms with Crippen LogP contribution in [-0.4, -0.2) is 29.8 Å². The van der Waals surface area contributed by atoms with E-state index in [1.54, 1.807) is 6.20 Å². The second-order valence-electron chi connectivity index (χ2n) is 3.26. The highest BCUT2D eigenvalue weighted by Crippen LogP contribution is 2.28. The van der Waals surface area contributed by atoms with Crippen molar-refractivity contribution in [1.29, 1.82) is 0 Å². The Hall–Kier alpha value is -0.610. The Balaban J connectivity index is 2.07. The van der Waals surface area contributed by atoms with E-state index < -0.39 is 0 Å². The highest BCUT2D eigenvalue weighted by atomic mass is 79.9. The van der Waals surface area contributed by atoms with E-state index in [0.717, 1.165) is 23.4 Å². The van der Waals surface area contributed by atoms with Crippen molar-refractivity contribution in [1.82, 2.24) is 4.98 Å². The van der Waals surface area contributed by atoms with E-state index in [1.807, 2.05) is 12.1 Å². The number of halogens is 1. The quantitative estimate of drug-likeness (QED) is 0.849. The van der Waals surface area contributed by atoms with Crippen molar-refractivity contribution in [3.05, 3.63) is 22.8 Å². The molecule has 1 aliphatic heterocycles. The third-order valence-electron chi connectivity index (χ3n) is 2.25. The van der Waals surface area contributed by atoms with E-state index in [-0.39, 0.29) is 6.61 Å². The van der Waals surface area contributed by atoms with Gasteiger partial charge in [-0.2, -0.15) is 0 Å². The number of aliphatic hydroxyl groups excluding tert-OH is 1. The first-order valence-corrected chi connectivity index (χ1v) is 5.07. The number of hydrogen-bond donors (Lipinski definition) is 1. The fourth-order valence-corrected chi connectivity index (χ4v) is 1.97. The van der Waals surface area contributed by atoms with Gasteiger partial charge in [0.05, 0.1) is 4.47 Å². The summed E-state index contributed by atoms with van der Waals surface area (Å²) in [6.45, 7) is 2.10. The molecule has 0 saturated carbocycles. The summed E-state index contributed by atoms with van der Waals surface area (Å²) in [6.07, 6.45) is 1.78.